The van der Waals surface area contributed by atoms with Crippen LogP contribution >= 0.6 is 0 Å². The zero-order valence-corrected chi connectivity index (χ0v) is 15.0. The Balaban J connectivity index is 1.80. The van der Waals surface area contributed by atoms with Gasteiger partial charge in [-0.2, -0.15) is 5.10 Å². The van der Waals surface area contributed by atoms with Gasteiger partial charge in [0.25, 0.3) is 0 Å². The lowest BCUT2D eigenvalue weighted by Gasteiger charge is -2.13. The van der Waals surface area contributed by atoms with E-state index in [1.54, 1.807) is 11.8 Å². The van der Waals surface area contributed by atoms with Crippen molar-refractivity contribution in [1.82, 2.24) is 15.1 Å². The standard InChI is InChI=1S/C19H25N3O2/c1-12(2)18-15(19(23-5)22(4)21-18)11-20-13(3)17-10-14-8-6-7-9-16(14)24-17/h6-10,12-13,20H,11H2,1-5H3/t13-/m1/s1. The van der Waals surface area contributed by atoms with Crippen LogP contribution in [0.2, 0.25) is 0 Å². The SMILES string of the molecule is COc1c(CN[C@H](C)c2cc3ccccc3o2)c(C(C)C)nn1C. The molecule has 0 amide bonds. The van der Waals surface area contributed by atoms with Crippen molar-refractivity contribution in [3.8, 4) is 5.88 Å². The van der Waals surface area contributed by atoms with Crippen molar-refractivity contribution in [2.24, 2.45) is 7.05 Å². The lowest BCUT2D eigenvalue weighted by Crippen LogP contribution is -2.18. The Morgan fingerprint density at radius 1 is 1.25 bits per heavy atom. The van der Waals surface area contributed by atoms with Gasteiger partial charge in [-0.15, -0.1) is 0 Å². The summed E-state index contributed by atoms with van der Waals surface area (Å²) in [5.41, 5.74) is 3.10. The van der Waals surface area contributed by atoms with Crippen LogP contribution < -0.4 is 10.1 Å². The van der Waals surface area contributed by atoms with Crippen molar-refractivity contribution >= 4 is 11.0 Å². The number of nitrogens with zero attached hydrogens (tertiary/aromatic N) is 2. The summed E-state index contributed by atoms with van der Waals surface area (Å²) in [6, 6.07) is 10.3. The van der Waals surface area contributed by atoms with Gasteiger partial charge in [0.15, 0.2) is 0 Å². The van der Waals surface area contributed by atoms with E-state index in [4.69, 9.17) is 9.15 Å². The molecule has 128 valence electrons. The Labute approximate surface area is 142 Å². The second-order valence-electron chi connectivity index (χ2n) is 6.44. The summed E-state index contributed by atoms with van der Waals surface area (Å²) >= 11 is 0. The Hall–Kier alpha value is -2.27. The van der Waals surface area contributed by atoms with Crippen LogP contribution in [0.25, 0.3) is 11.0 Å². The molecule has 0 aliphatic heterocycles. The number of methoxy groups -OCH3 is 1. The summed E-state index contributed by atoms with van der Waals surface area (Å²) in [4.78, 5) is 0. The fraction of sp³-hybridized carbons (Fsp3) is 0.421. The fourth-order valence-electron chi connectivity index (χ4n) is 3.03. The van der Waals surface area contributed by atoms with Crippen molar-refractivity contribution in [1.29, 1.82) is 0 Å². The quantitative estimate of drug-likeness (QED) is 0.739. The zero-order chi connectivity index (χ0) is 17.3. The lowest BCUT2D eigenvalue weighted by atomic mass is 10.1. The molecule has 5 heteroatoms. The Morgan fingerprint density at radius 2 is 2.00 bits per heavy atom. The van der Waals surface area contributed by atoms with E-state index in [0.29, 0.717) is 12.5 Å². The molecule has 0 fully saturated rings. The highest BCUT2D eigenvalue weighted by atomic mass is 16.5. The summed E-state index contributed by atoms with van der Waals surface area (Å²) in [6.45, 7) is 7.08. The molecule has 5 nitrogen and oxygen atoms in total. The van der Waals surface area contributed by atoms with Crippen LogP contribution in [0.3, 0.4) is 0 Å². The van der Waals surface area contributed by atoms with Crippen LogP contribution in [0.1, 0.15) is 49.7 Å². The summed E-state index contributed by atoms with van der Waals surface area (Å²) in [6.07, 6.45) is 0. The maximum atomic E-state index is 5.94. The topological polar surface area (TPSA) is 52.2 Å². The molecule has 1 atom stereocenters. The molecule has 1 N–H and O–H groups in total. The van der Waals surface area contributed by atoms with E-state index in [9.17, 15) is 0 Å². The average molecular weight is 327 g/mol. The van der Waals surface area contributed by atoms with Gasteiger partial charge in [-0.3, -0.25) is 0 Å². The van der Waals surface area contributed by atoms with Crippen molar-refractivity contribution in [3.05, 3.63) is 47.3 Å². The average Bonchev–Trinajstić information content (AvgIpc) is 3.13. The van der Waals surface area contributed by atoms with Gasteiger partial charge < -0.3 is 14.5 Å². The first-order valence-corrected chi connectivity index (χ1v) is 8.32. The van der Waals surface area contributed by atoms with Gasteiger partial charge in [-0.25, -0.2) is 4.68 Å². The highest BCUT2D eigenvalue weighted by molar-refractivity contribution is 5.77. The van der Waals surface area contributed by atoms with Gasteiger partial charge in [0.2, 0.25) is 5.88 Å². The van der Waals surface area contributed by atoms with Gasteiger partial charge in [0, 0.05) is 19.0 Å². The molecule has 0 saturated heterocycles. The van der Waals surface area contributed by atoms with Crippen LogP contribution in [0, 0.1) is 0 Å². The predicted octanol–water partition coefficient (Wildman–Crippen LogP) is 4.15. The molecule has 0 aliphatic rings. The van der Waals surface area contributed by atoms with Crippen molar-refractivity contribution in [3.63, 3.8) is 0 Å². The third-order valence-corrected chi connectivity index (χ3v) is 4.32. The number of fused-ring (bicyclic) bond motifs is 1. The van der Waals surface area contributed by atoms with Crippen molar-refractivity contribution in [2.75, 3.05) is 7.11 Å². The van der Waals surface area contributed by atoms with Gasteiger partial charge in [0.05, 0.1) is 24.4 Å². The first kappa shape index (κ1) is 16.6. The highest BCUT2D eigenvalue weighted by Gasteiger charge is 2.20. The number of aryl methyl sites for hydroxylation is 1. The van der Waals surface area contributed by atoms with Crippen molar-refractivity contribution < 1.29 is 9.15 Å². The van der Waals surface area contributed by atoms with E-state index in [-0.39, 0.29) is 6.04 Å². The minimum Gasteiger partial charge on any atom is -0.481 e. The Kier molecular flexibility index (Phi) is 4.62. The second kappa shape index (κ2) is 6.69. The third kappa shape index (κ3) is 3.04. The molecule has 0 unspecified atom stereocenters. The molecule has 2 aromatic heterocycles. The van der Waals surface area contributed by atoms with Crippen LogP contribution in [-0.4, -0.2) is 16.9 Å². The molecule has 0 spiro atoms. The van der Waals surface area contributed by atoms with E-state index in [1.165, 1.54) is 0 Å². The second-order valence-corrected chi connectivity index (χ2v) is 6.44. The Morgan fingerprint density at radius 3 is 2.67 bits per heavy atom. The number of hydrogen-bond donors (Lipinski definition) is 1. The van der Waals surface area contributed by atoms with E-state index in [1.807, 2.05) is 25.2 Å². The van der Waals surface area contributed by atoms with Gasteiger partial charge >= 0.3 is 0 Å². The largest absolute Gasteiger partial charge is 0.481 e. The van der Waals surface area contributed by atoms with E-state index >= 15 is 0 Å². The number of nitrogens with one attached hydrogen (secondary N) is 1. The van der Waals surface area contributed by atoms with E-state index < -0.39 is 0 Å². The number of rotatable bonds is 6. The molecule has 0 radical (unpaired) electrons. The smallest absolute Gasteiger partial charge is 0.216 e. The van der Waals surface area contributed by atoms with Crippen LogP contribution in [-0.2, 0) is 13.6 Å². The summed E-state index contributed by atoms with van der Waals surface area (Å²) in [7, 11) is 3.60. The molecule has 3 rings (SSSR count). The molecule has 0 aliphatic carbocycles. The number of aromatic nitrogens is 2. The highest BCUT2D eigenvalue weighted by Crippen LogP contribution is 2.28. The first-order chi connectivity index (χ1) is 11.5. The van der Waals surface area contributed by atoms with Crippen molar-refractivity contribution in [2.45, 2.75) is 39.3 Å². The minimum atomic E-state index is 0.0994. The van der Waals surface area contributed by atoms with Crippen LogP contribution in [0.5, 0.6) is 5.88 Å². The maximum absolute atomic E-state index is 5.94. The minimum absolute atomic E-state index is 0.0994. The van der Waals surface area contributed by atoms with Crippen LogP contribution in [0.4, 0.5) is 0 Å². The number of benzene rings is 1. The van der Waals surface area contributed by atoms with Gasteiger partial charge in [-0.1, -0.05) is 32.0 Å². The predicted molar refractivity (Wildman–Crippen MR) is 95.3 cm³/mol. The monoisotopic (exact) mass is 327 g/mol. The molecule has 24 heavy (non-hydrogen) atoms. The molecule has 1 aromatic carbocycles. The number of para-hydroxylation sites is 1. The molecular weight excluding hydrogens is 302 g/mol. The van der Waals surface area contributed by atoms with Gasteiger partial charge in [0.1, 0.15) is 11.3 Å². The summed E-state index contributed by atoms with van der Waals surface area (Å²) in [5, 5.41) is 9.25. The van der Waals surface area contributed by atoms with Crippen LogP contribution in [0.15, 0.2) is 34.7 Å². The number of ether oxygens (including phenoxy) is 1. The summed E-state index contributed by atoms with van der Waals surface area (Å²) in [5.74, 6) is 2.09. The molecule has 0 bridgehead atoms. The molecule has 0 saturated carbocycles. The molecular formula is C19H25N3O2. The number of furan rings is 1. The maximum Gasteiger partial charge on any atom is 0.216 e. The number of hydrogen-bond acceptors (Lipinski definition) is 4. The first-order valence-electron chi connectivity index (χ1n) is 8.32. The normalized spacial score (nSPS) is 12.9. The van der Waals surface area contributed by atoms with Gasteiger partial charge in [-0.05, 0) is 25.0 Å². The van der Waals surface area contributed by atoms with E-state index in [0.717, 1.165) is 33.9 Å². The molecule has 2 heterocycles. The Bertz CT molecular complexity index is 799. The van der Waals surface area contributed by atoms with E-state index in [2.05, 4.69) is 43.3 Å². The fourth-order valence-corrected chi connectivity index (χ4v) is 3.03. The third-order valence-electron chi connectivity index (χ3n) is 4.32. The lowest BCUT2D eigenvalue weighted by molar-refractivity contribution is 0.365. The zero-order valence-electron chi connectivity index (χ0n) is 15.0. The molecule has 3 aromatic rings. The summed E-state index contributed by atoms with van der Waals surface area (Å²) < 4.78 is 13.3.